The second-order valence-electron chi connectivity index (χ2n) is 6.61. The van der Waals surface area contributed by atoms with Crippen molar-refractivity contribution in [3.63, 3.8) is 0 Å². The molecule has 0 unspecified atom stereocenters. The number of nitrogens with zero attached hydrogens (tertiary/aromatic N) is 2. The number of anilines is 1. The zero-order valence-corrected chi connectivity index (χ0v) is 18.1. The highest BCUT2D eigenvalue weighted by atomic mass is 35.5. The van der Waals surface area contributed by atoms with E-state index in [-0.39, 0.29) is 26.1 Å². The van der Waals surface area contributed by atoms with Crippen molar-refractivity contribution in [2.45, 2.75) is 55.3 Å². The van der Waals surface area contributed by atoms with Gasteiger partial charge in [-0.3, -0.25) is 10.1 Å². The first-order valence-electron chi connectivity index (χ1n) is 8.97. The number of benzene rings is 1. The number of hydrogen-bond acceptors (Lipinski definition) is 6. The fourth-order valence-electron chi connectivity index (χ4n) is 3.05. The van der Waals surface area contributed by atoms with Crippen molar-refractivity contribution in [2.24, 2.45) is 0 Å². The highest BCUT2D eigenvalue weighted by Gasteiger charge is 2.25. The third-order valence-corrected chi connectivity index (χ3v) is 7.73. The molecular formula is C17H20Cl2N4O3S2. The summed E-state index contributed by atoms with van der Waals surface area (Å²) in [6, 6.07) is 4.37. The van der Waals surface area contributed by atoms with Crippen LogP contribution in [0.5, 0.6) is 0 Å². The summed E-state index contributed by atoms with van der Waals surface area (Å²) in [6.45, 7) is 0. The van der Waals surface area contributed by atoms with Gasteiger partial charge in [0, 0.05) is 11.1 Å². The largest absolute Gasteiger partial charge is 0.296 e. The number of nitrogens with one attached hydrogen (secondary N) is 2. The molecule has 1 fully saturated rings. The van der Waals surface area contributed by atoms with E-state index in [0.717, 1.165) is 49.9 Å². The van der Waals surface area contributed by atoms with E-state index < -0.39 is 15.9 Å². The van der Waals surface area contributed by atoms with Crippen LogP contribution < -0.4 is 10.0 Å². The second kappa shape index (κ2) is 9.49. The molecule has 1 heterocycles. The van der Waals surface area contributed by atoms with Crippen LogP contribution in [0.15, 0.2) is 22.5 Å². The van der Waals surface area contributed by atoms with Crippen LogP contribution in [-0.2, 0) is 10.0 Å². The van der Waals surface area contributed by atoms with Crippen molar-refractivity contribution < 1.29 is 13.2 Å². The zero-order chi connectivity index (χ0) is 20.1. The van der Waals surface area contributed by atoms with E-state index in [1.54, 1.807) is 0 Å². The maximum absolute atomic E-state index is 12.6. The average Bonchev–Trinajstić information content (AvgIpc) is 3.06. The fourth-order valence-corrected chi connectivity index (χ4v) is 5.76. The van der Waals surface area contributed by atoms with Crippen LogP contribution in [0.1, 0.15) is 55.3 Å². The lowest BCUT2D eigenvalue weighted by Crippen LogP contribution is -2.35. The molecule has 1 aromatic carbocycles. The zero-order valence-electron chi connectivity index (χ0n) is 15.0. The smallest absolute Gasteiger partial charge is 0.270 e. The summed E-state index contributed by atoms with van der Waals surface area (Å²) in [5.41, 5.74) is 0.207. The highest BCUT2D eigenvalue weighted by Crippen LogP contribution is 2.25. The Morgan fingerprint density at radius 3 is 2.43 bits per heavy atom. The monoisotopic (exact) mass is 462 g/mol. The van der Waals surface area contributed by atoms with Crippen molar-refractivity contribution in [3.05, 3.63) is 33.8 Å². The minimum atomic E-state index is -3.78. The molecule has 7 nitrogen and oxygen atoms in total. The predicted octanol–water partition coefficient (Wildman–Crippen LogP) is 4.49. The molecule has 2 aromatic rings. The Morgan fingerprint density at radius 1 is 1.07 bits per heavy atom. The van der Waals surface area contributed by atoms with Crippen molar-refractivity contribution >= 4 is 55.6 Å². The molecule has 1 saturated carbocycles. The van der Waals surface area contributed by atoms with Crippen LogP contribution >= 0.6 is 34.5 Å². The Labute approximate surface area is 177 Å². The second-order valence-corrected chi connectivity index (χ2v) is 10.3. The number of carbonyl (C=O) groups excluding carboxylic acids is 1. The lowest BCUT2D eigenvalue weighted by molar-refractivity contribution is 0.102. The van der Waals surface area contributed by atoms with Gasteiger partial charge in [-0.2, -0.15) is 0 Å². The summed E-state index contributed by atoms with van der Waals surface area (Å²) in [7, 11) is -3.78. The minimum Gasteiger partial charge on any atom is -0.296 e. The average molecular weight is 463 g/mol. The quantitative estimate of drug-likeness (QED) is 0.637. The molecule has 1 amide bonds. The summed E-state index contributed by atoms with van der Waals surface area (Å²) >= 11 is 12.6. The molecule has 28 heavy (non-hydrogen) atoms. The summed E-state index contributed by atoms with van der Waals surface area (Å²) in [5, 5.41) is 10.7. The van der Waals surface area contributed by atoms with Crippen molar-refractivity contribution in [1.29, 1.82) is 0 Å². The van der Waals surface area contributed by atoms with Crippen LogP contribution in [0.25, 0.3) is 0 Å². The molecule has 0 radical (unpaired) electrons. The molecule has 0 bridgehead atoms. The molecule has 0 atom stereocenters. The van der Waals surface area contributed by atoms with Crippen LogP contribution in [0.3, 0.4) is 0 Å². The van der Waals surface area contributed by atoms with Crippen LogP contribution in [0.4, 0.5) is 5.13 Å². The van der Waals surface area contributed by atoms with E-state index in [1.807, 2.05) is 0 Å². The predicted molar refractivity (Wildman–Crippen MR) is 111 cm³/mol. The normalized spacial score (nSPS) is 16.4. The molecule has 2 N–H and O–H groups in total. The first kappa shape index (κ1) is 21.4. The Bertz CT molecular complexity index is 942. The topological polar surface area (TPSA) is 101 Å². The molecule has 1 aliphatic rings. The lowest BCUT2D eigenvalue weighted by atomic mass is 9.97. The van der Waals surface area contributed by atoms with Gasteiger partial charge in [-0.25, -0.2) is 13.1 Å². The third kappa shape index (κ3) is 5.64. The number of amides is 1. The highest BCUT2D eigenvalue weighted by molar-refractivity contribution is 7.91. The van der Waals surface area contributed by atoms with E-state index in [2.05, 4.69) is 20.2 Å². The maximum Gasteiger partial charge on any atom is 0.270 e. The van der Waals surface area contributed by atoms with E-state index >= 15 is 0 Å². The van der Waals surface area contributed by atoms with Crippen molar-refractivity contribution in [2.75, 3.05) is 5.32 Å². The summed E-state index contributed by atoms with van der Waals surface area (Å²) in [6.07, 6.45) is 7.10. The van der Waals surface area contributed by atoms with E-state index in [4.69, 9.17) is 23.2 Å². The van der Waals surface area contributed by atoms with Gasteiger partial charge in [0.05, 0.1) is 10.6 Å². The number of halogens is 2. The summed E-state index contributed by atoms with van der Waals surface area (Å²) in [4.78, 5) is 12.3. The van der Waals surface area contributed by atoms with Crippen LogP contribution in [0.2, 0.25) is 10.0 Å². The third-order valence-electron chi connectivity index (χ3n) is 4.46. The van der Waals surface area contributed by atoms with Gasteiger partial charge in [0.1, 0.15) is 0 Å². The van der Waals surface area contributed by atoms with E-state index in [0.29, 0.717) is 5.02 Å². The van der Waals surface area contributed by atoms with E-state index in [1.165, 1.54) is 24.6 Å². The number of carbonyl (C=O) groups is 1. The molecule has 152 valence electrons. The number of aromatic nitrogens is 2. The Kier molecular flexibility index (Phi) is 7.27. The lowest BCUT2D eigenvalue weighted by Gasteiger charge is -2.19. The molecule has 3 rings (SSSR count). The molecule has 0 spiro atoms. The van der Waals surface area contributed by atoms with Gasteiger partial charge >= 0.3 is 0 Å². The number of sulfonamides is 1. The van der Waals surface area contributed by atoms with Crippen molar-refractivity contribution in [1.82, 2.24) is 14.9 Å². The molecule has 1 aromatic heterocycles. The molecule has 11 heteroatoms. The maximum atomic E-state index is 12.6. The Balaban J connectivity index is 1.67. The molecule has 1 aliphatic carbocycles. The Hall–Kier alpha value is -1.26. The summed E-state index contributed by atoms with van der Waals surface area (Å²) < 4.78 is 27.8. The standard InChI is InChI=1S/C17H20Cl2N4O3S2/c18-11-8-9-13(14(19)10-11)15(24)20-16-21-22-17(27-16)28(25,26)23-12-6-4-2-1-3-5-7-12/h8-10,12,23H,1-7H2,(H,20,21,24). The van der Waals surface area contributed by atoms with Gasteiger partial charge in [-0.05, 0) is 31.0 Å². The van der Waals surface area contributed by atoms with Gasteiger partial charge in [-0.1, -0.05) is 66.6 Å². The number of rotatable bonds is 5. The fraction of sp³-hybridized carbons (Fsp3) is 0.471. The first-order chi connectivity index (χ1) is 13.3. The molecular weight excluding hydrogens is 443 g/mol. The summed E-state index contributed by atoms with van der Waals surface area (Å²) in [5.74, 6) is -0.519. The van der Waals surface area contributed by atoms with Crippen LogP contribution in [0, 0.1) is 0 Å². The van der Waals surface area contributed by atoms with Gasteiger partial charge in [-0.15, -0.1) is 10.2 Å². The SMILES string of the molecule is O=C(Nc1nnc(S(=O)(=O)NC2CCCCCCC2)s1)c1ccc(Cl)cc1Cl. The van der Waals surface area contributed by atoms with Gasteiger partial charge < -0.3 is 0 Å². The van der Waals surface area contributed by atoms with Gasteiger partial charge in [0.2, 0.25) is 9.47 Å². The number of hydrogen-bond donors (Lipinski definition) is 2. The Morgan fingerprint density at radius 2 is 1.75 bits per heavy atom. The van der Waals surface area contributed by atoms with Gasteiger partial charge in [0.15, 0.2) is 0 Å². The first-order valence-corrected chi connectivity index (χ1v) is 12.0. The van der Waals surface area contributed by atoms with Crippen molar-refractivity contribution in [3.8, 4) is 0 Å². The molecule has 0 aliphatic heterocycles. The van der Waals surface area contributed by atoms with Gasteiger partial charge in [0.25, 0.3) is 15.9 Å². The van der Waals surface area contributed by atoms with Crippen LogP contribution in [-0.4, -0.2) is 30.6 Å². The minimum absolute atomic E-state index is 0.0778. The molecule has 0 saturated heterocycles. The van der Waals surface area contributed by atoms with E-state index in [9.17, 15) is 13.2 Å².